The Bertz CT molecular complexity index is 872. The van der Waals surface area contributed by atoms with Crippen molar-refractivity contribution in [2.75, 3.05) is 7.11 Å². The molecule has 0 aliphatic carbocycles. The highest BCUT2D eigenvalue weighted by molar-refractivity contribution is 5.80. The first-order valence-corrected chi connectivity index (χ1v) is 10.5. The van der Waals surface area contributed by atoms with Gasteiger partial charge in [-0.3, -0.25) is 9.48 Å². The van der Waals surface area contributed by atoms with Crippen LogP contribution in [0, 0.1) is 0 Å². The molecule has 0 N–H and O–H groups in total. The van der Waals surface area contributed by atoms with E-state index in [1.165, 1.54) is 42.3 Å². The first-order chi connectivity index (χ1) is 14.3. The molecule has 0 unspecified atom stereocenters. The van der Waals surface area contributed by atoms with Crippen LogP contribution in [0.15, 0.2) is 66.9 Å². The molecule has 0 amide bonds. The molecule has 29 heavy (non-hydrogen) atoms. The van der Waals surface area contributed by atoms with Crippen molar-refractivity contribution in [3.05, 3.63) is 66.9 Å². The third kappa shape index (κ3) is 6.05. The lowest BCUT2D eigenvalue weighted by atomic mass is 10.0. The lowest BCUT2D eigenvalue weighted by Crippen LogP contribution is -2.03. The van der Waals surface area contributed by atoms with Crippen LogP contribution in [0.1, 0.15) is 44.9 Å². The maximum atomic E-state index is 11.1. The fourth-order valence-corrected chi connectivity index (χ4v) is 3.62. The molecule has 0 radical (unpaired) electrons. The summed E-state index contributed by atoms with van der Waals surface area (Å²) in [4.78, 5) is 11.1. The standard InChI is InChI=1S/C25H30N2O2/c1-29-24(28)18-12-4-2-3-5-13-19-27-25(22-16-10-7-11-17-22)23(20-26-27)21-14-8-6-9-15-21/h6-11,14-17,20H,2-5,12-13,18-19H2,1H3. The highest BCUT2D eigenvalue weighted by Crippen LogP contribution is 2.32. The number of esters is 1. The summed E-state index contributed by atoms with van der Waals surface area (Å²) < 4.78 is 6.82. The molecule has 0 aliphatic rings. The zero-order valence-corrected chi connectivity index (χ0v) is 17.2. The van der Waals surface area contributed by atoms with E-state index >= 15 is 0 Å². The highest BCUT2D eigenvalue weighted by atomic mass is 16.5. The maximum Gasteiger partial charge on any atom is 0.305 e. The monoisotopic (exact) mass is 390 g/mol. The molecule has 2 aromatic carbocycles. The first kappa shape index (κ1) is 20.8. The van der Waals surface area contributed by atoms with Crippen molar-refractivity contribution < 1.29 is 9.53 Å². The van der Waals surface area contributed by atoms with Crippen LogP contribution >= 0.6 is 0 Å². The fourth-order valence-electron chi connectivity index (χ4n) is 3.62. The van der Waals surface area contributed by atoms with Gasteiger partial charge in [-0.15, -0.1) is 0 Å². The molecule has 0 fully saturated rings. The Hall–Kier alpha value is -2.88. The predicted molar refractivity (Wildman–Crippen MR) is 117 cm³/mol. The minimum Gasteiger partial charge on any atom is -0.469 e. The van der Waals surface area contributed by atoms with Crippen molar-refractivity contribution in [2.45, 2.75) is 51.5 Å². The van der Waals surface area contributed by atoms with E-state index in [0.29, 0.717) is 6.42 Å². The largest absolute Gasteiger partial charge is 0.469 e. The average molecular weight is 391 g/mol. The van der Waals surface area contributed by atoms with E-state index in [2.05, 4.69) is 57.9 Å². The molecule has 4 heteroatoms. The number of aryl methyl sites for hydroxylation is 1. The molecule has 3 rings (SSSR count). The van der Waals surface area contributed by atoms with Gasteiger partial charge >= 0.3 is 5.97 Å². The Morgan fingerprint density at radius 2 is 1.41 bits per heavy atom. The number of hydrogen-bond acceptors (Lipinski definition) is 3. The number of hydrogen-bond donors (Lipinski definition) is 0. The van der Waals surface area contributed by atoms with Gasteiger partial charge in [-0.25, -0.2) is 0 Å². The van der Waals surface area contributed by atoms with Gasteiger partial charge in [0, 0.05) is 24.1 Å². The second kappa shape index (κ2) is 11.2. The molecule has 0 spiro atoms. The maximum absolute atomic E-state index is 11.1. The van der Waals surface area contributed by atoms with Crippen LogP contribution < -0.4 is 0 Å². The Morgan fingerprint density at radius 3 is 2.07 bits per heavy atom. The molecular formula is C25H30N2O2. The van der Waals surface area contributed by atoms with Crippen LogP contribution in [0.3, 0.4) is 0 Å². The Balaban J connectivity index is 1.57. The predicted octanol–water partition coefficient (Wildman–Crippen LogP) is 6.12. The summed E-state index contributed by atoms with van der Waals surface area (Å²) >= 11 is 0. The number of benzene rings is 2. The molecule has 1 heterocycles. The number of aromatic nitrogens is 2. The van der Waals surface area contributed by atoms with Crippen LogP contribution in [0.2, 0.25) is 0 Å². The Kier molecular flexibility index (Phi) is 8.05. The van der Waals surface area contributed by atoms with Gasteiger partial charge in [0.1, 0.15) is 0 Å². The molecule has 3 aromatic rings. The third-order valence-electron chi connectivity index (χ3n) is 5.20. The topological polar surface area (TPSA) is 44.1 Å². The zero-order chi connectivity index (χ0) is 20.3. The molecule has 0 aliphatic heterocycles. The van der Waals surface area contributed by atoms with Crippen LogP contribution in [0.4, 0.5) is 0 Å². The molecule has 0 saturated carbocycles. The first-order valence-electron chi connectivity index (χ1n) is 10.5. The van der Waals surface area contributed by atoms with Gasteiger partial charge in [-0.2, -0.15) is 5.10 Å². The van der Waals surface area contributed by atoms with Crippen molar-refractivity contribution in [1.29, 1.82) is 0 Å². The summed E-state index contributed by atoms with van der Waals surface area (Å²) in [6, 6.07) is 21.0. The van der Waals surface area contributed by atoms with Gasteiger partial charge in [0.2, 0.25) is 0 Å². The quantitative estimate of drug-likeness (QED) is 0.293. The van der Waals surface area contributed by atoms with E-state index < -0.39 is 0 Å². The third-order valence-corrected chi connectivity index (χ3v) is 5.20. The second-order valence-corrected chi connectivity index (χ2v) is 7.31. The van der Waals surface area contributed by atoms with Gasteiger partial charge in [-0.05, 0) is 18.4 Å². The number of rotatable bonds is 11. The van der Waals surface area contributed by atoms with Gasteiger partial charge < -0.3 is 4.74 Å². The molecule has 0 atom stereocenters. The summed E-state index contributed by atoms with van der Waals surface area (Å²) in [6.07, 6.45) is 9.16. The Morgan fingerprint density at radius 1 is 0.828 bits per heavy atom. The number of methoxy groups -OCH3 is 1. The van der Waals surface area contributed by atoms with Crippen molar-refractivity contribution in [2.24, 2.45) is 0 Å². The number of carbonyl (C=O) groups excluding carboxylic acids is 1. The van der Waals surface area contributed by atoms with Gasteiger partial charge in [0.15, 0.2) is 0 Å². The van der Waals surface area contributed by atoms with Crippen molar-refractivity contribution in [1.82, 2.24) is 9.78 Å². The van der Waals surface area contributed by atoms with E-state index in [1.807, 2.05) is 18.3 Å². The van der Waals surface area contributed by atoms with E-state index in [-0.39, 0.29) is 5.97 Å². The van der Waals surface area contributed by atoms with E-state index in [4.69, 9.17) is 5.10 Å². The van der Waals surface area contributed by atoms with Crippen LogP contribution in [-0.2, 0) is 16.1 Å². The molecule has 0 bridgehead atoms. The molecule has 152 valence electrons. The average Bonchev–Trinajstić information content (AvgIpc) is 3.20. The molecular weight excluding hydrogens is 360 g/mol. The highest BCUT2D eigenvalue weighted by Gasteiger charge is 2.14. The van der Waals surface area contributed by atoms with E-state index in [1.54, 1.807) is 0 Å². The normalized spacial score (nSPS) is 10.8. The lowest BCUT2D eigenvalue weighted by molar-refractivity contribution is -0.140. The summed E-state index contributed by atoms with van der Waals surface area (Å²) in [7, 11) is 1.45. The van der Waals surface area contributed by atoms with Crippen LogP contribution in [0.25, 0.3) is 22.4 Å². The second-order valence-electron chi connectivity index (χ2n) is 7.31. The molecule has 0 saturated heterocycles. The number of nitrogens with zero attached hydrogens (tertiary/aromatic N) is 2. The number of ether oxygens (including phenoxy) is 1. The number of unbranched alkanes of at least 4 members (excludes halogenated alkanes) is 5. The van der Waals surface area contributed by atoms with Gasteiger partial charge in [0.05, 0.1) is 19.0 Å². The summed E-state index contributed by atoms with van der Waals surface area (Å²) in [5.74, 6) is -0.105. The van der Waals surface area contributed by atoms with E-state index in [9.17, 15) is 4.79 Å². The van der Waals surface area contributed by atoms with Crippen LogP contribution in [-0.4, -0.2) is 22.9 Å². The van der Waals surface area contributed by atoms with E-state index in [0.717, 1.165) is 32.2 Å². The Labute approximate surface area is 173 Å². The number of carbonyl (C=O) groups is 1. The van der Waals surface area contributed by atoms with Crippen molar-refractivity contribution in [3.63, 3.8) is 0 Å². The summed E-state index contributed by atoms with van der Waals surface area (Å²) in [6.45, 7) is 0.916. The minimum atomic E-state index is -0.105. The van der Waals surface area contributed by atoms with Crippen LogP contribution in [0.5, 0.6) is 0 Å². The fraction of sp³-hybridized carbons (Fsp3) is 0.360. The molecule has 4 nitrogen and oxygen atoms in total. The van der Waals surface area contributed by atoms with Crippen molar-refractivity contribution >= 4 is 5.97 Å². The van der Waals surface area contributed by atoms with Gasteiger partial charge in [0.25, 0.3) is 0 Å². The summed E-state index contributed by atoms with van der Waals surface area (Å²) in [5, 5.41) is 4.71. The molecule has 1 aromatic heterocycles. The van der Waals surface area contributed by atoms with Gasteiger partial charge in [-0.1, -0.05) is 86.3 Å². The lowest BCUT2D eigenvalue weighted by Gasteiger charge is -2.10. The zero-order valence-electron chi connectivity index (χ0n) is 17.2. The minimum absolute atomic E-state index is 0.105. The SMILES string of the molecule is COC(=O)CCCCCCCCn1ncc(-c2ccccc2)c1-c1ccccc1. The smallest absolute Gasteiger partial charge is 0.305 e. The summed E-state index contributed by atoms with van der Waals surface area (Å²) in [5.41, 5.74) is 4.77. The van der Waals surface area contributed by atoms with Crippen molar-refractivity contribution in [3.8, 4) is 22.4 Å².